The van der Waals surface area contributed by atoms with Crippen molar-refractivity contribution in [2.24, 2.45) is 5.73 Å². The number of aromatic nitrogens is 1. The molecule has 0 radical (unpaired) electrons. The van der Waals surface area contributed by atoms with Gasteiger partial charge in [-0.15, -0.1) is 11.3 Å². The van der Waals surface area contributed by atoms with Gasteiger partial charge in [-0.05, 0) is 23.1 Å². The molecule has 2 rings (SSSR count). The number of benzene rings is 1. The lowest BCUT2D eigenvalue weighted by Gasteiger charge is -2.19. The second-order valence-electron chi connectivity index (χ2n) is 5.85. The number of anilines is 2. The van der Waals surface area contributed by atoms with Gasteiger partial charge in [0, 0.05) is 11.1 Å². The summed E-state index contributed by atoms with van der Waals surface area (Å²) >= 11 is 1.33. The lowest BCUT2D eigenvalue weighted by molar-refractivity contribution is -0.138. The van der Waals surface area contributed by atoms with Crippen LogP contribution in [0, 0.1) is 0 Å². The molecule has 0 fully saturated rings. The minimum atomic E-state index is -1.08. The van der Waals surface area contributed by atoms with E-state index in [0.717, 1.165) is 5.69 Å². The van der Waals surface area contributed by atoms with Gasteiger partial charge >= 0.3 is 5.97 Å². The predicted molar refractivity (Wildman–Crippen MR) is 85.1 cm³/mol. The van der Waals surface area contributed by atoms with Crippen molar-refractivity contribution in [3.8, 4) is 0 Å². The number of nitrogens with one attached hydrogen (secondary N) is 1. The Labute approximate surface area is 127 Å². The summed E-state index contributed by atoms with van der Waals surface area (Å²) in [6, 6.07) is 7.03. The molecule has 1 unspecified atom stereocenters. The molecule has 0 bridgehead atoms. The molecule has 0 spiro atoms. The van der Waals surface area contributed by atoms with E-state index >= 15 is 0 Å². The molecular formula is C15H19N3O2S. The number of aliphatic carboxylic acids is 1. The fourth-order valence-electron chi connectivity index (χ4n) is 1.79. The van der Waals surface area contributed by atoms with E-state index in [1.54, 1.807) is 5.38 Å². The van der Waals surface area contributed by atoms with E-state index < -0.39 is 12.0 Å². The Balaban J connectivity index is 2.10. The van der Waals surface area contributed by atoms with E-state index in [1.807, 2.05) is 12.1 Å². The van der Waals surface area contributed by atoms with Crippen molar-refractivity contribution in [1.82, 2.24) is 4.98 Å². The third kappa shape index (κ3) is 3.80. The first kappa shape index (κ1) is 15.5. The van der Waals surface area contributed by atoms with Crippen LogP contribution in [0.3, 0.4) is 0 Å². The first-order valence-electron chi connectivity index (χ1n) is 6.59. The summed E-state index contributed by atoms with van der Waals surface area (Å²) in [7, 11) is 0. The predicted octanol–water partition coefficient (Wildman–Crippen LogP) is 3.27. The van der Waals surface area contributed by atoms with Gasteiger partial charge in [-0.2, -0.15) is 0 Å². The molecule has 0 saturated carbocycles. The van der Waals surface area contributed by atoms with Crippen LogP contribution in [-0.2, 0) is 10.2 Å². The molecule has 0 amide bonds. The number of carbonyl (C=O) groups is 1. The summed E-state index contributed by atoms with van der Waals surface area (Å²) in [5, 5.41) is 14.3. The van der Waals surface area contributed by atoms with Crippen LogP contribution in [0.2, 0.25) is 0 Å². The first-order chi connectivity index (χ1) is 9.77. The molecular weight excluding hydrogens is 286 g/mol. The molecule has 0 aliphatic heterocycles. The van der Waals surface area contributed by atoms with Crippen molar-refractivity contribution in [2.75, 3.05) is 5.32 Å². The maximum atomic E-state index is 10.8. The minimum Gasteiger partial charge on any atom is -0.480 e. The zero-order valence-corrected chi connectivity index (χ0v) is 13.1. The van der Waals surface area contributed by atoms with Crippen molar-refractivity contribution in [2.45, 2.75) is 32.2 Å². The second-order valence-corrected chi connectivity index (χ2v) is 6.70. The maximum absolute atomic E-state index is 10.8. The maximum Gasteiger partial charge on any atom is 0.326 e. The smallest absolute Gasteiger partial charge is 0.326 e. The summed E-state index contributed by atoms with van der Waals surface area (Å²) in [6.45, 7) is 6.49. The third-order valence-electron chi connectivity index (χ3n) is 3.11. The molecule has 2 aromatic rings. The van der Waals surface area contributed by atoms with Gasteiger partial charge in [-0.1, -0.05) is 32.9 Å². The number of carboxylic acids is 1. The Morgan fingerprint density at radius 2 is 1.95 bits per heavy atom. The average Bonchev–Trinajstić information content (AvgIpc) is 2.85. The van der Waals surface area contributed by atoms with Gasteiger partial charge in [0.1, 0.15) is 6.04 Å². The Morgan fingerprint density at radius 3 is 2.48 bits per heavy atom. The Kier molecular flexibility index (Phi) is 4.29. The molecule has 112 valence electrons. The van der Waals surface area contributed by atoms with E-state index in [-0.39, 0.29) is 5.41 Å². The Hall–Kier alpha value is -1.92. The number of rotatable bonds is 4. The van der Waals surface area contributed by atoms with Crippen LogP contribution in [-0.4, -0.2) is 16.1 Å². The zero-order chi connectivity index (χ0) is 15.6. The van der Waals surface area contributed by atoms with Gasteiger partial charge in [0.25, 0.3) is 0 Å². The minimum absolute atomic E-state index is 0.112. The van der Waals surface area contributed by atoms with Crippen LogP contribution in [0.25, 0.3) is 0 Å². The quantitative estimate of drug-likeness (QED) is 0.807. The summed E-state index contributed by atoms with van der Waals surface area (Å²) in [5.74, 6) is -1.08. The summed E-state index contributed by atoms with van der Waals surface area (Å²) < 4.78 is 0. The van der Waals surface area contributed by atoms with Gasteiger partial charge < -0.3 is 16.2 Å². The van der Waals surface area contributed by atoms with Crippen molar-refractivity contribution >= 4 is 28.1 Å². The van der Waals surface area contributed by atoms with Crippen LogP contribution < -0.4 is 11.1 Å². The molecule has 0 aliphatic carbocycles. The topological polar surface area (TPSA) is 88.2 Å². The zero-order valence-electron chi connectivity index (χ0n) is 12.3. The SMILES string of the molecule is CC(C)(C)c1ccc(Nc2nc(C(N)C(=O)O)cs2)cc1. The van der Waals surface area contributed by atoms with Crippen molar-refractivity contribution in [3.63, 3.8) is 0 Å². The Morgan fingerprint density at radius 1 is 1.33 bits per heavy atom. The molecule has 1 aromatic carbocycles. The van der Waals surface area contributed by atoms with Crippen LogP contribution in [0.5, 0.6) is 0 Å². The van der Waals surface area contributed by atoms with E-state index in [0.29, 0.717) is 10.8 Å². The highest BCUT2D eigenvalue weighted by Crippen LogP contribution is 2.26. The van der Waals surface area contributed by atoms with Crippen LogP contribution in [0.4, 0.5) is 10.8 Å². The standard InChI is InChI=1S/C15H19N3O2S/c1-15(2,3)9-4-6-10(7-5-9)17-14-18-11(8-21-14)12(16)13(19)20/h4-8,12H,16H2,1-3H3,(H,17,18)(H,19,20). The molecule has 4 N–H and O–H groups in total. The molecule has 0 aliphatic rings. The number of nitrogens with two attached hydrogens (primary N) is 1. The molecule has 21 heavy (non-hydrogen) atoms. The molecule has 6 heteroatoms. The van der Waals surface area contributed by atoms with Crippen LogP contribution >= 0.6 is 11.3 Å². The van der Waals surface area contributed by atoms with Gasteiger partial charge in [0.15, 0.2) is 5.13 Å². The summed E-state index contributed by atoms with van der Waals surface area (Å²) in [4.78, 5) is 15.0. The van der Waals surface area contributed by atoms with Gasteiger partial charge in [0.05, 0.1) is 5.69 Å². The second kappa shape index (κ2) is 5.83. The van der Waals surface area contributed by atoms with Crippen LogP contribution in [0.15, 0.2) is 29.6 Å². The number of hydrogen-bond donors (Lipinski definition) is 3. The lowest BCUT2D eigenvalue weighted by atomic mass is 9.87. The normalized spacial score (nSPS) is 13.0. The largest absolute Gasteiger partial charge is 0.480 e. The highest BCUT2D eigenvalue weighted by atomic mass is 32.1. The highest BCUT2D eigenvalue weighted by molar-refractivity contribution is 7.13. The van der Waals surface area contributed by atoms with E-state index in [4.69, 9.17) is 10.8 Å². The number of thiazole rings is 1. The van der Waals surface area contributed by atoms with E-state index in [2.05, 4.69) is 43.2 Å². The molecule has 1 atom stereocenters. The van der Waals surface area contributed by atoms with Gasteiger partial charge in [-0.3, -0.25) is 4.79 Å². The number of nitrogens with zero attached hydrogens (tertiary/aromatic N) is 1. The van der Waals surface area contributed by atoms with Gasteiger partial charge in [0.2, 0.25) is 0 Å². The first-order valence-corrected chi connectivity index (χ1v) is 7.47. The van der Waals surface area contributed by atoms with Crippen LogP contribution in [0.1, 0.15) is 38.1 Å². The van der Waals surface area contributed by atoms with E-state index in [9.17, 15) is 4.79 Å². The molecule has 1 heterocycles. The lowest BCUT2D eigenvalue weighted by Crippen LogP contribution is -2.20. The third-order valence-corrected chi connectivity index (χ3v) is 3.88. The summed E-state index contributed by atoms with van der Waals surface area (Å²) in [5.41, 5.74) is 8.16. The van der Waals surface area contributed by atoms with Crippen molar-refractivity contribution in [3.05, 3.63) is 40.9 Å². The monoisotopic (exact) mass is 305 g/mol. The molecule has 5 nitrogen and oxygen atoms in total. The van der Waals surface area contributed by atoms with Crippen molar-refractivity contribution in [1.29, 1.82) is 0 Å². The van der Waals surface area contributed by atoms with Crippen molar-refractivity contribution < 1.29 is 9.90 Å². The summed E-state index contributed by atoms with van der Waals surface area (Å²) in [6.07, 6.45) is 0. The number of hydrogen-bond acceptors (Lipinski definition) is 5. The average molecular weight is 305 g/mol. The van der Waals surface area contributed by atoms with Gasteiger partial charge in [-0.25, -0.2) is 4.98 Å². The Bertz CT molecular complexity index is 629. The fraction of sp³-hybridized carbons (Fsp3) is 0.333. The molecule has 0 saturated heterocycles. The molecule has 1 aromatic heterocycles. The fourth-order valence-corrected chi connectivity index (χ4v) is 2.56. The highest BCUT2D eigenvalue weighted by Gasteiger charge is 2.18. The number of carboxylic acid groups (broad SMARTS) is 1. The van der Waals surface area contributed by atoms with E-state index in [1.165, 1.54) is 16.9 Å².